The van der Waals surface area contributed by atoms with Crippen molar-refractivity contribution >= 4 is 5.97 Å². The number of methoxy groups -OCH3 is 1. The van der Waals surface area contributed by atoms with Crippen molar-refractivity contribution in [2.45, 2.75) is 6.18 Å². The second-order valence-electron chi connectivity index (χ2n) is 1.47. The lowest BCUT2D eigenvalue weighted by Gasteiger charge is -2.05. The van der Waals surface area contributed by atoms with Crippen LogP contribution in [0.2, 0.25) is 0 Å². The number of hydrogen-bond donors (Lipinski definition) is 0. The Kier molecular flexibility index (Phi) is 2.45. The normalized spacial score (nSPS) is 10.8. The number of carbonyl (C=O) groups excluding carboxylic acids is 1. The first-order valence-electron chi connectivity index (χ1n) is 2.24. The summed E-state index contributed by atoms with van der Waals surface area (Å²) in [5, 5.41) is 0. The van der Waals surface area contributed by atoms with Gasteiger partial charge in [0.15, 0.2) is 0 Å². The lowest BCUT2D eigenvalue weighted by atomic mass is 10.3. The Morgan fingerprint density at radius 2 is 1.90 bits per heavy atom. The molecule has 0 aromatic heterocycles. The van der Waals surface area contributed by atoms with Gasteiger partial charge in [-0.2, -0.15) is 13.2 Å². The van der Waals surface area contributed by atoms with E-state index in [2.05, 4.69) is 11.3 Å². The zero-order valence-corrected chi connectivity index (χ0v) is 5.16. The third kappa shape index (κ3) is 2.08. The van der Waals surface area contributed by atoms with Gasteiger partial charge in [-0.3, -0.25) is 0 Å². The molecule has 0 aromatic rings. The standard InChI is InChI=1S/C5H5F3O2/c1-3(4(9)10-2)5(6,7)8/h1H2,2H3. The largest absolute Gasteiger partial charge is 0.465 e. The first-order chi connectivity index (χ1) is 4.39. The lowest BCUT2D eigenvalue weighted by Crippen LogP contribution is -2.19. The summed E-state index contributed by atoms with van der Waals surface area (Å²) in [6.45, 7) is 2.50. The van der Waals surface area contributed by atoms with Crippen molar-refractivity contribution in [1.82, 2.24) is 0 Å². The van der Waals surface area contributed by atoms with Gasteiger partial charge in [0.25, 0.3) is 0 Å². The van der Waals surface area contributed by atoms with E-state index in [-0.39, 0.29) is 0 Å². The van der Waals surface area contributed by atoms with E-state index in [1.165, 1.54) is 0 Å². The molecular weight excluding hydrogens is 149 g/mol. The van der Waals surface area contributed by atoms with Gasteiger partial charge in [0.1, 0.15) is 5.57 Å². The molecule has 5 heteroatoms. The van der Waals surface area contributed by atoms with Gasteiger partial charge >= 0.3 is 12.1 Å². The van der Waals surface area contributed by atoms with E-state index in [0.717, 1.165) is 7.11 Å². The maximum Gasteiger partial charge on any atom is 0.422 e. The summed E-state index contributed by atoms with van der Waals surface area (Å²) >= 11 is 0. The molecule has 0 aromatic carbocycles. The lowest BCUT2D eigenvalue weighted by molar-refractivity contribution is -0.147. The highest BCUT2D eigenvalue weighted by Gasteiger charge is 2.37. The number of carbonyl (C=O) groups is 1. The van der Waals surface area contributed by atoms with E-state index in [0.29, 0.717) is 0 Å². The molecule has 0 amide bonds. The third-order valence-corrected chi connectivity index (χ3v) is 0.774. The van der Waals surface area contributed by atoms with Crippen LogP contribution in [0.3, 0.4) is 0 Å². The Hall–Kier alpha value is -1.00. The van der Waals surface area contributed by atoms with Crippen LogP contribution >= 0.6 is 0 Å². The van der Waals surface area contributed by atoms with Crippen molar-refractivity contribution in [3.8, 4) is 0 Å². The second kappa shape index (κ2) is 2.72. The van der Waals surface area contributed by atoms with Crippen molar-refractivity contribution in [3.63, 3.8) is 0 Å². The smallest absolute Gasteiger partial charge is 0.422 e. The van der Waals surface area contributed by atoms with Crippen molar-refractivity contribution in [2.24, 2.45) is 0 Å². The molecule has 0 N–H and O–H groups in total. The number of hydrogen-bond acceptors (Lipinski definition) is 2. The quantitative estimate of drug-likeness (QED) is 0.420. The molecular formula is C5H5F3O2. The molecule has 2 nitrogen and oxygen atoms in total. The van der Waals surface area contributed by atoms with Gasteiger partial charge < -0.3 is 4.74 Å². The Morgan fingerprint density at radius 3 is 2.00 bits per heavy atom. The monoisotopic (exact) mass is 154 g/mol. The highest BCUT2D eigenvalue weighted by molar-refractivity contribution is 5.88. The maximum atomic E-state index is 11.5. The number of alkyl halides is 3. The molecule has 0 atom stereocenters. The SMILES string of the molecule is C=C(C(=O)OC)C(F)(F)F. The van der Waals surface area contributed by atoms with Gasteiger partial charge in [0, 0.05) is 0 Å². The zero-order chi connectivity index (χ0) is 8.36. The molecule has 0 radical (unpaired) electrons. The highest BCUT2D eigenvalue weighted by atomic mass is 19.4. The van der Waals surface area contributed by atoms with Gasteiger partial charge in [0.05, 0.1) is 7.11 Å². The predicted molar refractivity (Wildman–Crippen MR) is 27.2 cm³/mol. The van der Waals surface area contributed by atoms with E-state index < -0.39 is 17.7 Å². The first-order valence-corrected chi connectivity index (χ1v) is 2.24. The van der Waals surface area contributed by atoms with Crippen molar-refractivity contribution in [2.75, 3.05) is 7.11 Å². The van der Waals surface area contributed by atoms with Gasteiger partial charge in [-0.15, -0.1) is 0 Å². The molecule has 0 aliphatic rings. The third-order valence-electron chi connectivity index (χ3n) is 0.774. The Bertz CT molecular complexity index is 159. The number of halogens is 3. The number of esters is 1. The summed E-state index contributed by atoms with van der Waals surface area (Å²) in [6.07, 6.45) is -4.69. The molecule has 0 rings (SSSR count). The Morgan fingerprint density at radius 1 is 1.50 bits per heavy atom. The molecule has 0 aliphatic heterocycles. The molecule has 0 unspecified atom stereocenters. The van der Waals surface area contributed by atoms with E-state index in [4.69, 9.17) is 0 Å². The summed E-state index contributed by atoms with van der Waals surface area (Å²) in [7, 11) is 0.860. The van der Waals surface area contributed by atoms with Crippen LogP contribution in [0.5, 0.6) is 0 Å². The average molecular weight is 154 g/mol. The molecule has 0 fully saturated rings. The van der Waals surface area contributed by atoms with Crippen LogP contribution in [0.25, 0.3) is 0 Å². The minimum Gasteiger partial charge on any atom is -0.465 e. The summed E-state index contributed by atoms with van der Waals surface area (Å²) in [5.74, 6) is -1.45. The van der Waals surface area contributed by atoms with E-state index in [1.54, 1.807) is 0 Å². The summed E-state index contributed by atoms with van der Waals surface area (Å²) in [5.41, 5.74) is -1.49. The fourth-order valence-corrected chi connectivity index (χ4v) is 0.239. The minimum atomic E-state index is -4.69. The van der Waals surface area contributed by atoms with Crippen LogP contribution in [-0.2, 0) is 9.53 Å². The van der Waals surface area contributed by atoms with Crippen LogP contribution < -0.4 is 0 Å². The van der Waals surface area contributed by atoms with Crippen LogP contribution in [0, 0.1) is 0 Å². The minimum absolute atomic E-state index is 0.860. The van der Waals surface area contributed by atoms with Gasteiger partial charge in [-0.05, 0) is 0 Å². The molecule has 58 valence electrons. The van der Waals surface area contributed by atoms with E-state index >= 15 is 0 Å². The van der Waals surface area contributed by atoms with E-state index in [9.17, 15) is 18.0 Å². The predicted octanol–water partition coefficient (Wildman–Crippen LogP) is 1.28. The average Bonchev–Trinajstić information content (AvgIpc) is 1.83. The van der Waals surface area contributed by atoms with Crippen molar-refractivity contribution in [1.29, 1.82) is 0 Å². The van der Waals surface area contributed by atoms with Crippen LogP contribution in [-0.4, -0.2) is 19.3 Å². The molecule has 0 bridgehead atoms. The topological polar surface area (TPSA) is 26.3 Å². The van der Waals surface area contributed by atoms with E-state index in [1.807, 2.05) is 0 Å². The van der Waals surface area contributed by atoms with Crippen molar-refractivity contribution in [3.05, 3.63) is 12.2 Å². The molecule has 0 heterocycles. The van der Waals surface area contributed by atoms with Crippen LogP contribution in [0.4, 0.5) is 13.2 Å². The second-order valence-corrected chi connectivity index (χ2v) is 1.47. The molecule has 0 saturated heterocycles. The summed E-state index contributed by atoms with van der Waals surface area (Å²) in [4.78, 5) is 10.1. The molecule has 10 heavy (non-hydrogen) atoms. The fraction of sp³-hybridized carbons (Fsp3) is 0.400. The fourth-order valence-electron chi connectivity index (χ4n) is 0.239. The number of rotatable bonds is 1. The zero-order valence-electron chi connectivity index (χ0n) is 5.16. The molecule has 0 saturated carbocycles. The van der Waals surface area contributed by atoms with Crippen LogP contribution in [0.1, 0.15) is 0 Å². The molecule has 0 aliphatic carbocycles. The first kappa shape index (κ1) is 9.00. The Labute approximate surface area is 55.3 Å². The highest BCUT2D eigenvalue weighted by Crippen LogP contribution is 2.24. The van der Waals surface area contributed by atoms with Gasteiger partial charge in [-0.1, -0.05) is 6.58 Å². The van der Waals surface area contributed by atoms with Crippen molar-refractivity contribution < 1.29 is 22.7 Å². The summed E-state index contributed by atoms with van der Waals surface area (Å²) < 4.78 is 38.2. The van der Waals surface area contributed by atoms with Crippen LogP contribution in [0.15, 0.2) is 12.2 Å². The summed E-state index contributed by atoms with van der Waals surface area (Å²) in [6, 6.07) is 0. The van der Waals surface area contributed by atoms with Gasteiger partial charge in [0.2, 0.25) is 0 Å². The Balaban J connectivity index is 4.24. The molecule has 0 spiro atoms. The van der Waals surface area contributed by atoms with Gasteiger partial charge in [-0.25, -0.2) is 4.79 Å². The maximum absolute atomic E-state index is 11.5. The number of ether oxygens (including phenoxy) is 1.